The van der Waals surface area contributed by atoms with E-state index in [0.29, 0.717) is 18.8 Å². The van der Waals surface area contributed by atoms with E-state index >= 15 is 0 Å². The van der Waals surface area contributed by atoms with Gasteiger partial charge in [0.15, 0.2) is 11.6 Å². The number of carbonyl (C=O) groups is 1. The summed E-state index contributed by atoms with van der Waals surface area (Å²) >= 11 is 0. The number of likely N-dealkylation sites (tertiary alicyclic amines) is 1. The molecule has 1 unspecified atom stereocenters. The van der Waals surface area contributed by atoms with Crippen molar-refractivity contribution in [3.8, 4) is 17.0 Å². The van der Waals surface area contributed by atoms with Crippen molar-refractivity contribution in [2.45, 2.75) is 44.8 Å². The van der Waals surface area contributed by atoms with Gasteiger partial charge in [-0.1, -0.05) is 12.1 Å². The second kappa shape index (κ2) is 8.62. The Bertz CT molecular complexity index is 1210. The molecule has 1 spiro atoms. The van der Waals surface area contributed by atoms with Gasteiger partial charge in [0.1, 0.15) is 11.9 Å². The van der Waals surface area contributed by atoms with Crippen molar-refractivity contribution in [2.75, 3.05) is 25.4 Å². The number of anilines is 1. The number of ether oxygens (including phenoxy) is 1. The lowest BCUT2D eigenvalue weighted by Gasteiger charge is -2.23. The predicted octanol–water partition coefficient (Wildman–Crippen LogP) is 3.88. The third kappa shape index (κ3) is 3.95. The fourth-order valence-electron chi connectivity index (χ4n) is 5.01. The molecule has 5 rings (SSSR count). The lowest BCUT2D eigenvalue weighted by Crippen LogP contribution is -2.40. The Hall–Kier alpha value is -3.62. The minimum Gasteiger partial charge on any atom is -0.482 e. The van der Waals surface area contributed by atoms with Gasteiger partial charge in [0, 0.05) is 49.0 Å². The van der Waals surface area contributed by atoms with Crippen LogP contribution >= 0.6 is 0 Å². The molecule has 1 saturated heterocycles. The van der Waals surface area contributed by atoms with Crippen LogP contribution in [0.3, 0.4) is 0 Å². The molecule has 3 N–H and O–H groups in total. The van der Waals surface area contributed by atoms with E-state index in [0.717, 1.165) is 48.4 Å². The van der Waals surface area contributed by atoms with E-state index in [4.69, 9.17) is 15.6 Å². The highest BCUT2D eigenvalue weighted by Crippen LogP contribution is 2.44. The fourth-order valence-corrected chi connectivity index (χ4v) is 5.01. The van der Waals surface area contributed by atoms with Gasteiger partial charge in [-0.25, -0.2) is 14.2 Å². The van der Waals surface area contributed by atoms with Crippen LogP contribution in [0.1, 0.15) is 44.1 Å². The van der Waals surface area contributed by atoms with Crippen molar-refractivity contribution in [1.29, 1.82) is 0 Å². The standard InChI is InChI=1S/C25H29FN6O2/c1-3-28-24(33)31-10-8-25(15-31)9-11-32-22(25)13-20(30-32)18-12-21(23(27)29-14-18)34-16(2)17-4-6-19(26)7-5-17/h4-7,12-14,16H,3,8-11,15H2,1-2H3,(H2,27,29)(H,28,33)/t16?,25-/m1/s1. The van der Waals surface area contributed by atoms with Crippen molar-refractivity contribution in [3.63, 3.8) is 0 Å². The molecular weight excluding hydrogens is 435 g/mol. The van der Waals surface area contributed by atoms with Crippen LogP contribution in [-0.2, 0) is 12.0 Å². The highest BCUT2D eigenvalue weighted by atomic mass is 19.1. The van der Waals surface area contributed by atoms with Gasteiger partial charge >= 0.3 is 6.03 Å². The number of aryl methyl sites for hydroxylation is 1. The molecule has 1 aromatic carbocycles. The van der Waals surface area contributed by atoms with E-state index in [1.54, 1.807) is 18.3 Å². The second-order valence-corrected chi connectivity index (χ2v) is 9.09. The molecule has 2 aliphatic rings. The van der Waals surface area contributed by atoms with Crippen molar-refractivity contribution in [2.24, 2.45) is 0 Å². The van der Waals surface area contributed by atoms with Crippen molar-refractivity contribution in [1.82, 2.24) is 25.0 Å². The Morgan fingerprint density at radius 3 is 2.79 bits per heavy atom. The number of carbonyl (C=O) groups excluding carboxylic acids is 1. The molecule has 9 heteroatoms. The Morgan fingerprint density at radius 1 is 1.26 bits per heavy atom. The number of amides is 2. The fraction of sp³-hybridized carbons (Fsp3) is 0.400. The Morgan fingerprint density at radius 2 is 2.03 bits per heavy atom. The lowest BCUT2D eigenvalue weighted by molar-refractivity contribution is 0.206. The first-order valence-electron chi connectivity index (χ1n) is 11.7. The lowest BCUT2D eigenvalue weighted by atomic mass is 9.82. The predicted molar refractivity (Wildman–Crippen MR) is 127 cm³/mol. The number of aromatic nitrogens is 3. The molecule has 0 radical (unpaired) electrons. The van der Waals surface area contributed by atoms with Crippen LogP contribution in [0, 0.1) is 5.82 Å². The largest absolute Gasteiger partial charge is 0.482 e. The van der Waals surface area contributed by atoms with E-state index in [2.05, 4.69) is 21.0 Å². The van der Waals surface area contributed by atoms with Crippen LogP contribution in [0.25, 0.3) is 11.3 Å². The molecule has 2 atom stereocenters. The number of nitrogens with one attached hydrogen (secondary N) is 1. The highest BCUT2D eigenvalue weighted by Gasteiger charge is 2.46. The SMILES string of the molecule is CCNC(=O)N1CC[C@@]2(CCn3nc(-c4cnc(N)c(OC(C)c5ccc(F)cc5)c4)cc32)C1. The van der Waals surface area contributed by atoms with Gasteiger partial charge in [0.25, 0.3) is 0 Å². The van der Waals surface area contributed by atoms with Crippen LogP contribution in [0.4, 0.5) is 15.0 Å². The minimum absolute atomic E-state index is 0.00244. The van der Waals surface area contributed by atoms with E-state index in [1.165, 1.54) is 12.1 Å². The van der Waals surface area contributed by atoms with Gasteiger partial charge in [0.05, 0.1) is 5.69 Å². The summed E-state index contributed by atoms with van der Waals surface area (Å²) in [6.45, 7) is 6.71. The molecule has 8 nitrogen and oxygen atoms in total. The first kappa shape index (κ1) is 22.2. The van der Waals surface area contributed by atoms with E-state index in [9.17, 15) is 9.18 Å². The number of benzene rings is 1. The quantitative estimate of drug-likeness (QED) is 0.597. The highest BCUT2D eigenvalue weighted by molar-refractivity contribution is 5.75. The van der Waals surface area contributed by atoms with Crippen molar-refractivity contribution >= 4 is 11.8 Å². The summed E-state index contributed by atoms with van der Waals surface area (Å²) in [6, 6.07) is 10.2. The smallest absolute Gasteiger partial charge is 0.317 e. The number of nitrogens with two attached hydrogens (primary N) is 1. The molecule has 2 aromatic heterocycles. The molecular formula is C25H29FN6O2. The normalized spacial score (nSPS) is 19.9. The van der Waals surface area contributed by atoms with Crippen LogP contribution < -0.4 is 15.8 Å². The molecule has 4 heterocycles. The maximum Gasteiger partial charge on any atom is 0.317 e. The van der Waals surface area contributed by atoms with Crippen molar-refractivity contribution in [3.05, 3.63) is 59.7 Å². The molecule has 0 bridgehead atoms. The van der Waals surface area contributed by atoms with E-state index in [-0.39, 0.29) is 29.2 Å². The number of pyridine rings is 1. The minimum atomic E-state index is -0.325. The number of fused-ring (bicyclic) bond motifs is 2. The van der Waals surface area contributed by atoms with Crippen LogP contribution in [0.15, 0.2) is 42.6 Å². The zero-order valence-electron chi connectivity index (χ0n) is 19.4. The molecule has 0 saturated carbocycles. The van der Waals surface area contributed by atoms with Gasteiger partial charge in [-0.15, -0.1) is 0 Å². The molecule has 1 fully saturated rings. The summed E-state index contributed by atoms with van der Waals surface area (Å²) in [5.74, 6) is 0.455. The maximum atomic E-state index is 13.3. The first-order valence-corrected chi connectivity index (χ1v) is 11.7. The Labute approximate surface area is 197 Å². The number of rotatable bonds is 5. The molecule has 3 aromatic rings. The summed E-state index contributed by atoms with van der Waals surface area (Å²) in [5, 5.41) is 7.73. The summed E-state index contributed by atoms with van der Waals surface area (Å²) in [6.07, 6.45) is 3.29. The summed E-state index contributed by atoms with van der Waals surface area (Å²) in [7, 11) is 0. The monoisotopic (exact) mass is 464 g/mol. The third-order valence-corrected chi connectivity index (χ3v) is 6.92. The number of hydrogen-bond acceptors (Lipinski definition) is 5. The number of nitrogens with zero attached hydrogens (tertiary/aromatic N) is 4. The molecule has 34 heavy (non-hydrogen) atoms. The van der Waals surface area contributed by atoms with Gasteiger partial charge in [-0.3, -0.25) is 4.68 Å². The Kier molecular flexibility index (Phi) is 5.63. The second-order valence-electron chi connectivity index (χ2n) is 9.09. The number of halogens is 1. The molecule has 2 aliphatic heterocycles. The summed E-state index contributed by atoms with van der Waals surface area (Å²) < 4.78 is 21.4. The number of urea groups is 1. The number of hydrogen-bond donors (Lipinski definition) is 2. The van der Waals surface area contributed by atoms with E-state index < -0.39 is 0 Å². The van der Waals surface area contributed by atoms with Gasteiger partial charge in [-0.2, -0.15) is 5.10 Å². The zero-order valence-corrected chi connectivity index (χ0v) is 19.4. The van der Waals surface area contributed by atoms with Gasteiger partial charge < -0.3 is 20.7 Å². The molecule has 2 amide bonds. The summed E-state index contributed by atoms with van der Waals surface area (Å²) in [4.78, 5) is 18.6. The van der Waals surface area contributed by atoms with Gasteiger partial charge in [0.2, 0.25) is 0 Å². The molecule has 0 aliphatic carbocycles. The topological polar surface area (TPSA) is 98.3 Å². The van der Waals surface area contributed by atoms with Crippen molar-refractivity contribution < 1.29 is 13.9 Å². The van der Waals surface area contributed by atoms with Crippen LogP contribution in [-0.4, -0.2) is 45.3 Å². The average Bonchev–Trinajstić information content (AvgIpc) is 3.53. The Balaban J connectivity index is 1.37. The number of nitrogen functional groups attached to an aromatic ring is 1. The zero-order chi connectivity index (χ0) is 23.9. The van der Waals surface area contributed by atoms with Gasteiger partial charge in [-0.05, 0) is 56.5 Å². The van der Waals surface area contributed by atoms with Crippen LogP contribution in [0.2, 0.25) is 0 Å². The molecule has 178 valence electrons. The first-order chi connectivity index (χ1) is 16.4. The third-order valence-electron chi connectivity index (χ3n) is 6.92. The average molecular weight is 465 g/mol. The maximum absolute atomic E-state index is 13.3. The van der Waals surface area contributed by atoms with E-state index in [1.807, 2.05) is 24.8 Å². The van der Waals surface area contributed by atoms with Crippen LogP contribution in [0.5, 0.6) is 5.75 Å². The summed E-state index contributed by atoms with van der Waals surface area (Å²) in [5.41, 5.74) is 9.64.